The summed E-state index contributed by atoms with van der Waals surface area (Å²) in [7, 11) is 0. The standard InChI is InChI=1S/C17H18BrNOS/c1-13(21-12-15-7-9-16(18)10-8-15)17(20)19-11-14-5-3-2-4-6-14/h2-10,13H,11-12H2,1H3,(H,19,20)/t13-/m0/s1. The molecule has 1 amide bonds. The van der Waals surface area contributed by atoms with Gasteiger partial charge in [-0.1, -0.05) is 58.4 Å². The Kier molecular flexibility index (Phi) is 6.33. The van der Waals surface area contributed by atoms with Crippen LogP contribution in [0.1, 0.15) is 18.1 Å². The van der Waals surface area contributed by atoms with Crippen LogP contribution in [0.3, 0.4) is 0 Å². The molecule has 0 unspecified atom stereocenters. The van der Waals surface area contributed by atoms with Gasteiger partial charge in [-0.25, -0.2) is 0 Å². The fraction of sp³-hybridized carbons (Fsp3) is 0.235. The molecule has 0 saturated heterocycles. The van der Waals surface area contributed by atoms with Crippen molar-refractivity contribution in [2.24, 2.45) is 0 Å². The van der Waals surface area contributed by atoms with Gasteiger partial charge in [0, 0.05) is 16.8 Å². The smallest absolute Gasteiger partial charge is 0.233 e. The van der Waals surface area contributed by atoms with Gasteiger partial charge in [-0.2, -0.15) is 0 Å². The third-order valence-electron chi connectivity index (χ3n) is 3.09. The van der Waals surface area contributed by atoms with Gasteiger partial charge in [0.1, 0.15) is 0 Å². The molecule has 0 heterocycles. The van der Waals surface area contributed by atoms with Crippen molar-refractivity contribution in [2.75, 3.05) is 0 Å². The Labute approximate surface area is 138 Å². The topological polar surface area (TPSA) is 29.1 Å². The molecule has 2 nitrogen and oxygen atoms in total. The Morgan fingerprint density at radius 1 is 1.10 bits per heavy atom. The first-order chi connectivity index (χ1) is 10.1. The van der Waals surface area contributed by atoms with Crippen LogP contribution in [0, 0.1) is 0 Å². The average Bonchev–Trinajstić information content (AvgIpc) is 2.52. The van der Waals surface area contributed by atoms with Crippen molar-refractivity contribution in [2.45, 2.75) is 24.5 Å². The van der Waals surface area contributed by atoms with Crippen LogP contribution < -0.4 is 5.32 Å². The Hall–Kier alpha value is -1.26. The van der Waals surface area contributed by atoms with Crippen LogP contribution in [0.2, 0.25) is 0 Å². The number of hydrogen-bond acceptors (Lipinski definition) is 2. The first-order valence-electron chi connectivity index (χ1n) is 6.83. The summed E-state index contributed by atoms with van der Waals surface area (Å²) in [5.41, 5.74) is 2.35. The zero-order valence-corrected chi connectivity index (χ0v) is 14.3. The highest BCUT2D eigenvalue weighted by atomic mass is 79.9. The molecule has 21 heavy (non-hydrogen) atoms. The third kappa shape index (κ3) is 5.56. The number of benzene rings is 2. The molecule has 110 valence electrons. The molecular weight excluding hydrogens is 346 g/mol. The van der Waals surface area contributed by atoms with Crippen LogP contribution in [0.5, 0.6) is 0 Å². The molecule has 0 saturated carbocycles. The van der Waals surface area contributed by atoms with Crippen molar-refractivity contribution in [1.82, 2.24) is 5.32 Å². The first kappa shape index (κ1) is 16.1. The lowest BCUT2D eigenvalue weighted by atomic mass is 10.2. The summed E-state index contributed by atoms with van der Waals surface area (Å²) in [4.78, 5) is 12.1. The highest BCUT2D eigenvalue weighted by Crippen LogP contribution is 2.19. The average molecular weight is 364 g/mol. The SMILES string of the molecule is C[C@H](SCc1ccc(Br)cc1)C(=O)NCc1ccccc1. The van der Waals surface area contributed by atoms with E-state index in [0.717, 1.165) is 15.8 Å². The molecule has 0 aliphatic rings. The van der Waals surface area contributed by atoms with Gasteiger partial charge in [-0.05, 0) is 30.2 Å². The summed E-state index contributed by atoms with van der Waals surface area (Å²) in [5.74, 6) is 0.925. The zero-order valence-electron chi connectivity index (χ0n) is 11.9. The highest BCUT2D eigenvalue weighted by molar-refractivity contribution is 9.10. The maximum absolute atomic E-state index is 12.1. The number of carbonyl (C=O) groups excluding carboxylic acids is 1. The predicted molar refractivity (Wildman–Crippen MR) is 93.2 cm³/mol. The normalized spacial score (nSPS) is 11.9. The molecule has 0 fully saturated rings. The molecule has 2 rings (SSSR count). The second-order valence-corrected chi connectivity index (χ2v) is 7.03. The second-order valence-electron chi connectivity index (χ2n) is 4.78. The summed E-state index contributed by atoms with van der Waals surface area (Å²) >= 11 is 5.07. The summed E-state index contributed by atoms with van der Waals surface area (Å²) in [6.45, 7) is 2.53. The van der Waals surface area contributed by atoms with Crippen LogP contribution in [-0.4, -0.2) is 11.2 Å². The molecule has 4 heteroatoms. The van der Waals surface area contributed by atoms with Gasteiger partial charge in [-0.15, -0.1) is 11.8 Å². The van der Waals surface area contributed by atoms with Gasteiger partial charge in [0.2, 0.25) is 5.91 Å². The van der Waals surface area contributed by atoms with Crippen molar-refractivity contribution < 1.29 is 4.79 Å². The molecule has 0 bridgehead atoms. The lowest BCUT2D eigenvalue weighted by Gasteiger charge is -2.12. The minimum Gasteiger partial charge on any atom is -0.351 e. The van der Waals surface area contributed by atoms with E-state index in [-0.39, 0.29) is 11.2 Å². The Bertz CT molecular complexity index is 571. The van der Waals surface area contributed by atoms with E-state index >= 15 is 0 Å². The summed E-state index contributed by atoms with van der Waals surface area (Å²) in [6, 6.07) is 18.2. The van der Waals surface area contributed by atoms with Crippen LogP contribution in [0.25, 0.3) is 0 Å². The van der Waals surface area contributed by atoms with Gasteiger partial charge < -0.3 is 5.32 Å². The summed E-state index contributed by atoms with van der Waals surface area (Å²) in [6.07, 6.45) is 0. The van der Waals surface area contributed by atoms with Crippen LogP contribution >= 0.6 is 27.7 Å². The van der Waals surface area contributed by atoms with Gasteiger partial charge in [0.25, 0.3) is 0 Å². The number of amides is 1. The lowest BCUT2D eigenvalue weighted by Crippen LogP contribution is -2.30. The number of halogens is 1. The van der Waals surface area contributed by atoms with Crippen molar-refractivity contribution in [3.63, 3.8) is 0 Å². The minimum absolute atomic E-state index is 0.0580. The largest absolute Gasteiger partial charge is 0.351 e. The van der Waals surface area contributed by atoms with Gasteiger partial charge in [-0.3, -0.25) is 4.79 Å². The molecule has 0 aromatic heterocycles. The third-order valence-corrected chi connectivity index (χ3v) is 4.83. The van der Waals surface area contributed by atoms with E-state index in [9.17, 15) is 4.79 Å². The van der Waals surface area contributed by atoms with Crippen LogP contribution in [0.15, 0.2) is 59.1 Å². The molecule has 1 N–H and O–H groups in total. The molecule has 0 aliphatic carbocycles. The van der Waals surface area contributed by atoms with E-state index in [4.69, 9.17) is 0 Å². The van der Waals surface area contributed by atoms with E-state index in [0.29, 0.717) is 6.54 Å². The highest BCUT2D eigenvalue weighted by Gasteiger charge is 2.12. The Morgan fingerprint density at radius 2 is 1.76 bits per heavy atom. The van der Waals surface area contributed by atoms with E-state index < -0.39 is 0 Å². The van der Waals surface area contributed by atoms with Crippen LogP contribution in [-0.2, 0) is 17.1 Å². The van der Waals surface area contributed by atoms with E-state index in [1.807, 2.05) is 49.4 Å². The fourth-order valence-electron chi connectivity index (χ4n) is 1.81. The molecule has 0 spiro atoms. The van der Waals surface area contributed by atoms with Crippen molar-refractivity contribution in [1.29, 1.82) is 0 Å². The number of hydrogen-bond donors (Lipinski definition) is 1. The van der Waals surface area contributed by atoms with E-state index in [1.54, 1.807) is 11.8 Å². The molecule has 2 aromatic carbocycles. The van der Waals surface area contributed by atoms with Gasteiger partial charge in [0.05, 0.1) is 5.25 Å². The van der Waals surface area contributed by atoms with Gasteiger partial charge >= 0.3 is 0 Å². The predicted octanol–water partition coefficient (Wildman–Crippen LogP) is 4.39. The lowest BCUT2D eigenvalue weighted by molar-refractivity contribution is -0.120. The van der Waals surface area contributed by atoms with E-state index in [2.05, 4.69) is 33.4 Å². The number of carbonyl (C=O) groups is 1. The second kappa shape index (κ2) is 8.25. The molecular formula is C17H18BrNOS. The minimum atomic E-state index is -0.0580. The summed E-state index contributed by atoms with van der Waals surface area (Å²) in [5, 5.41) is 2.92. The monoisotopic (exact) mass is 363 g/mol. The maximum Gasteiger partial charge on any atom is 0.233 e. The zero-order chi connectivity index (χ0) is 15.1. The number of nitrogens with one attached hydrogen (secondary N) is 1. The molecule has 0 radical (unpaired) electrons. The summed E-state index contributed by atoms with van der Waals surface area (Å²) < 4.78 is 1.07. The Balaban J connectivity index is 1.76. The van der Waals surface area contributed by atoms with Crippen molar-refractivity contribution >= 4 is 33.6 Å². The number of rotatable bonds is 6. The van der Waals surface area contributed by atoms with Crippen LogP contribution in [0.4, 0.5) is 0 Å². The van der Waals surface area contributed by atoms with Crippen molar-refractivity contribution in [3.8, 4) is 0 Å². The quantitative estimate of drug-likeness (QED) is 0.824. The van der Waals surface area contributed by atoms with Gasteiger partial charge in [0.15, 0.2) is 0 Å². The number of thioether (sulfide) groups is 1. The first-order valence-corrected chi connectivity index (χ1v) is 8.67. The maximum atomic E-state index is 12.1. The molecule has 0 aliphatic heterocycles. The Morgan fingerprint density at radius 3 is 2.43 bits per heavy atom. The molecule has 2 aromatic rings. The van der Waals surface area contributed by atoms with E-state index in [1.165, 1.54) is 5.56 Å². The fourth-order valence-corrected chi connectivity index (χ4v) is 2.94. The molecule has 1 atom stereocenters. The van der Waals surface area contributed by atoms with Crippen molar-refractivity contribution in [3.05, 3.63) is 70.2 Å².